The van der Waals surface area contributed by atoms with Crippen LogP contribution in [0, 0.1) is 0 Å². The van der Waals surface area contributed by atoms with Crippen molar-refractivity contribution in [1.29, 1.82) is 0 Å². The fourth-order valence-electron chi connectivity index (χ4n) is 2.91. The van der Waals surface area contributed by atoms with Crippen molar-refractivity contribution in [2.45, 2.75) is 31.1 Å². The summed E-state index contributed by atoms with van der Waals surface area (Å²) >= 11 is 0. The van der Waals surface area contributed by atoms with Gasteiger partial charge in [0.1, 0.15) is 6.61 Å². The zero-order chi connectivity index (χ0) is 14.7. The Morgan fingerprint density at radius 1 is 1.33 bits per heavy atom. The first-order valence-corrected chi connectivity index (χ1v) is 7.46. The van der Waals surface area contributed by atoms with Gasteiger partial charge in [-0.15, -0.1) is 0 Å². The molecule has 0 aliphatic carbocycles. The van der Waals surface area contributed by atoms with Crippen molar-refractivity contribution in [3.05, 3.63) is 11.7 Å². The number of rotatable bonds is 4. The Bertz CT molecular complexity index is 476. The smallest absolute Gasteiger partial charge is 0.248 e. The van der Waals surface area contributed by atoms with Crippen LogP contribution in [0.3, 0.4) is 0 Å². The Morgan fingerprint density at radius 2 is 2.14 bits per heavy atom. The van der Waals surface area contributed by atoms with Gasteiger partial charge in [0.25, 0.3) is 0 Å². The molecule has 7 heteroatoms. The molecule has 0 saturated carbocycles. The van der Waals surface area contributed by atoms with E-state index in [0.29, 0.717) is 12.5 Å². The molecule has 0 bridgehead atoms. The van der Waals surface area contributed by atoms with Crippen LogP contribution < -0.4 is 0 Å². The number of carbonyl (C=O) groups is 1. The maximum absolute atomic E-state index is 11.8. The molecule has 1 atom stereocenters. The number of amides is 1. The minimum Gasteiger partial charge on any atom is -0.381 e. The molecule has 2 saturated heterocycles. The molecule has 116 valence electrons. The van der Waals surface area contributed by atoms with Crippen LogP contribution in [-0.2, 0) is 14.3 Å². The van der Waals surface area contributed by atoms with Crippen LogP contribution in [0.15, 0.2) is 4.52 Å². The summed E-state index contributed by atoms with van der Waals surface area (Å²) in [6.45, 7) is 3.04. The zero-order valence-electron chi connectivity index (χ0n) is 12.3. The number of nitrogens with zero attached hydrogens (tertiary/aromatic N) is 3. The van der Waals surface area contributed by atoms with E-state index in [1.165, 1.54) is 7.11 Å². The lowest BCUT2D eigenvalue weighted by atomic mass is 9.96. The van der Waals surface area contributed by atoms with Crippen LogP contribution in [0.5, 0.6) is 0 Å². The molecule has 1 aromatic rings. The number of hydrogen-bond acceptors (Lipinski definition) is 6. The van der Waals surface area contributed by atoms with Crippen molar-refractivity contribution < 1.29 is 18.8 Å². The number of ether oxygens (including phenoxy) is 2. The maximum Gasteiger partial charge on any atom is 0.248 e. The van der Waals surface area contributed by atoms with E-state index in [1.807, 2.05) is 4.90 Å². The van der Waals surface area contributed by atoms with Crippen LogP contribution in [-0.4, -0.2) is 61.0 Å². The molecule has 1 amide bonds. The van der Waals surface area contributed by atoms with Crippen LogP contribution >= 0.6 is 0 Å². The van der Waals surface area contributed by atoms with E-state index >= 15 is 0 Å². The summed E-state index contributed by atoms with van der Waals surface area (Å²) in [7, 11) is 1.54. The standard InChI is InChI=1S/C14H21N3O4/c1-19-9-12(18)17-5-2-10(3-6-17)14-15-13(16-21-14)11-4-7-20-8-11/h10-11H,2-9H2,1H3/t11-/m0/s1. The van der Waals surface area contributed by atoms with Gasteiger partial charge in [-0.2, -0.15) is 4.98 Å². The molecule has 2 aliphatic heterocycles. The van der Waals surface area contributed by atoms with Crippen molar-refractivity contribution >= 4 is 5.91 Å². The number of likely N-dealkylation sites (tertiary alicyclic amines) is 1. The van der Waals surface area contributed by atoms with Crippen molar-refractivity contribution in [1.82, 2.24) is 15.0 Å². The Labute approximate surface area is 123 Å². The van der Waals surface area contributed by atoms with Gasteiger partial charge in [0.05, 0.1) is 6.61 Å². The summed E-state index contributed by atoms with van der Waals surface area (Å²) in [5, 5.41) is 4.09. The normalized spacial score (nSPS) is 23.7. The number of piperidine rings is 1. The van der Waals surface area contributed by atoms with E-state index in [2.05, 4.69) is 10.1 Å². The molecule has 0 N–H and O–H groups in total. The predicted octanol–water partition coefficient (Wildman–Crippen LogP) is 0.926. The average molecular weight is 295 g/mol. The van der Waals surface area contributed by atoms with Gasteiger partial charge in [-0.05, 0) is 19.3 Å². The van der Waals surface area contributed by atoms with E-state index in [-0.39, 0.29) is 24.3 Å². The first kappa shape index (κ1) is 14.5. The van der Waals surface area contributed by atoms with Crippen LogP contribution in [0.4, 0.5) is 0 Å². The largest absolute Gasteiger partial charge is 0.381 e. The summed E-state index contributed by atoms with van der Waals surface area (Å²) < 4.78 is 15.7. The predicted molar refractivity (Wildman–Crippen MR) is 72.9 cm³/mol. The molecular weight excluding hydrogens is 274 g/mol. The van der Waals surface area contributed by atoms with Crippen LogP contribution in [0.1, 0.15) is 42.8 Å². The van der Waals surface area contributed by atoms with Gasteiger partial charge in [-0.3, -0.25) is 4.79 Å². The minimum atomic E-state index is 0.0465. The molecule has 3 rings (SSSR count). The van der Waals surface area contributed by atoms with Crippen molar-refractivity contribution in [3.8, 4) is 0 Å². The van der Waals surface area contributed by atoms with E-state index in [0.717, 1.165) is 44.8 Å². The zero-order valence-corrected chi connectivity index (χ0v) is 12.3. The van der Waals surface area contributed by atoms with E-state index in [4.69, 9.17) is 14.0 Å². The van der Waals surface area contributed by atoms with Crippen LogP contribution in [0.2, 0.25) is 0 Å². The highest BCUT2D eigenvalue weighted by atomic mass is 16.5. The SMILES string of the molecule is COCC(=O)N1CCC(c2nc([C@H]3CCOC3)no2)CC1. The molecule has 3 heterocycles. The Balaban J connectivity index is 1.55. The minimum absolute atomic E-state index is 0.0465. The van der Waals surface area contributed by atoms with Crippen molar-refractivity contribution in [2.24, 2.45) is 0 Å². The molecule has 0 spiro atoms. The highest BCUT2D eigenvalue weighted by molar-refractivity contribution is 5.77. The fraction of sp³-hybridized carbons (Fsp3) is 0.786. The van der Waals surface area contributed by atoms with Gasteiger partial charge in [0.15, 0.2) is 5.82 Å². The fourth-order valence-corrected chi connectivity index (χ4v) is 2.91. The molecule has 1 aromatic heterocycles. The second-order valence-corrected chi connectivity index (χ2v) is 5.64. The van der Waals surface area contributed by atoms with E-state index < -0.39 is 0 Å². The molecule has 0 unspecified atom stereocenters. The summed E-state index contributed by atoms with van der Waals surface area (Å²) in [5.41, 5.74) is 0. The third kappa shape index (κ3) is 3.24. The summed E-state index contributed by atoms with van der Waals surface area (Å²) in [6, 6.07) is 0. The first-order chi connectivity index (χ1) is 10.3. The average Bonchev–Trinajstić information content (AvgIpc) is 3.19. The van der Waals surface area contributed by atoms with Gasteiger partial charge in [0.2, 0.25) is 11.8 Å². The van der Waals surface area contributed by atoms with Gasteiger partial charge >= 0.3 is 0 Å². The summed E-state index contributed by atoms with van der Waals surface area (Å²) in [5.74, 6) is 2.03. The number of methoxy groups -OCH3 is 1. The molecule has 7 nitrogen and oxygen atoms in total. The van der Waals surface area contributed by atoms with E-state index in [9.17, 15) is 4.79 Å². The summed E-state index contributed by atoms with van der Waals surface area (Å²) in [6.07, 6.45) is 2.68. The number of aromatic nitrogens is 2. The van der Waals surface area contributed by atoms with Crippen LogP contribution in [0.25, 0.3) is 0 Å². The Kier molecular flexibility index (Phi) is 4.50. The molecule has 21 heavy (non-hydrogen) atoms. The van der Waals surface area contributed by atoms with Gasteiger partial charge in [-0.25, -0.2) is 0 Å². The van der Waals surface area contributed by atoms with Gasteiger partial charge < -0.3 is 18.9 Å². The topological polar surface area (TPSA) is 77.7 Å². The first-order valence-electron chi connectivity index (χ1n) is 7.46. The molecule has 2 aliphatic rings. The maximum atomic E-state index is 11.8. The lowest BCUT2D eigenvalue weighted by Gasteiger charge is -2.30. The second kappa shape index (κ2) is 6.53. The van der Waals surface area contributed by atoms with Crippen molar-refractivity contribution in [3.63, 3.8) is 0 Å². The third-order valence-corrected chi connectivity index (χ3v) is 4.22. The molecule has 0 radical (unpaired) electrons. The monoisotopic (exact) mass is 295 g/mol. The molecule has 0 aromatic carbocycles. The Hall–Kier alpha value is -1.47. The third-order valence-electron chi connectivity index (χ3n) is 4.22. The van der Waals surface area contributed by atoms with Gasteiger partial charge in [-0.1, -0.05) is 5.16 Å². The second-order valence-electron chi connectivity index (χ2n) is 5.64. The van der Waals surface area contributed by atoms with E-state index in [1.54, 1.807) is 0 Å². The highest BCUT2D eigenvalue weighted by Gasteiger charge is 2.29. The molecule has 2 fully saturated rings. The number of carbonyl (C=O) groups excluding carboxylic acids is 1. The van der Waals surface area contributed by atoms with Gasteiger partial charge in [0, 0.05) is 38.6 Å². The summed E-state index contributed by atoms with van der Waals surface area (Å²) in [4.78, 5) is 18.1. The van der Waals surface area contributed by atoms with Crippen molar-refractivity contribution in [2.75, 3.05) is 40.0 Å². The molecular formula is C14H21N3O4. The number of hydrogen-bond donors (Lipinski definition) is 0. The Morgan fingerprint density at radius 3 is 2.81 bits per heavy atom. The highest BCUT2D eigenvalue weighted by Crippen LogP contribution is 2.29. The lowest BCUT2D eigenvalue weighted by molar-refractivity contribution is -0.136. The lowest BCUT2D eigenvalue weighted by Crippen LogP contribution is -2.39. The quantitative estimate of drug-likeness (QED) is 0.822.